The summed E-state index contributed by atoms with van der Waals surface area (Å²) in [6.45, 7) is 0. The van der Waals surface area contributed by atoms with Gasteiger partial charge in [-0.15, -0.1) is 0 Å². The number of hydrogen-bond donors (Lipinski definition) is 0. The van der Waals surface area contributed by atoms with E-state index in [2.05, 4.69) is 167 Å². The van der Waals surface area contributed by atoms with Crippen LogP contribution in [0.1, 0.15) is 0 Å². The summed E-state index contributed by atoms with van der Waals surface area (Å²) >= 11 is 0. The molecule has 0 aliphatic heterocycles. The van der Waals surface area contributed by atoms with Crippen molar-refractivity contribution in [2.24, 2.45) is 0 Å². The van der Waals surface area contributed by atoms with Crippen LogP contribution in [0, 0.1) is 0 Å². The van der Waals surface area contributed by atoms with Gasteiger partial charge >= 0.3 is 0 Å². The molecule has 3 aromatic heterocycles. The van der Waals surface area contributed by atoms with Gasteiger partial charge in [-0.2, -0.15) is 0 Å². The first-order valence-corrected chi connectivity index (χ1v) is 16.3. The monoisotopic (exact) mass is 612 g/mol. The lowest BCUT2D eigenvalue weighted by Gasteiger charge is -2.13. The Kier molecular flexibility index (Phi) is 5.84. The molecule has 0 saturated carbocycles. The van der Waals surface area contributed by atoms with Gasteiger partial charge in [-0.25, -0.2) is 9.97 Å². The van der Waals surface area contributed by atoms with Crippen molar-refractivity contribution in [1.82, 2.24) is 19.1 Å². The van der Waals surface area contributed by atoms with Gasteiger partial charge in [-0.3, -0.25) is 4.57 Å². The fourth-order valence-electron chi connectivity index (χ4n) is 7.36. The maximum Gasteiger partial charge on any atom is 0.235 e. The van der Waals surface area contributed by atoms with Crippen LogP contribution in [0.15, 0.2) is 170 Å². The van der Waals surface area contributed by atoms with Crippen molar-refractivity contribution < 1.29 is 0 Å². The van der Waals surface area contributed by atoms with Crippen molar-refractivity contribution in [3.05, 3.63) is 170 Å². The van der Waals surface area contributed by atoms with E-state index in [1.165, 1.54) is 43.4 Å². The van der Waals surface area contributed by atoms with Gasteiger partial charge in [-0.05, 0) is 47.9 Å². The predicted octanol–water partition coefficient (Wildman–Crippen LogP) is 11.2. The van der Waals surface area contributed by atoms with E-state index >= 15 is 0 Å². The maximum absolute atomic E-state index is 5.28. The highest BCUT2D eigenvalue weighted by Gasteiger charge is 2.20. The topological polar surface area (TPSA) is 35.6 Å². The van der Waals surface area contributed by atoms with E-state index in [1.807, 2.05) is 12.1 Å². The Balaban J connectivity index is 1.34. The van der Waals surface area contributed by atoms with Crippen LogP contribution in [0.25, 0.3) is 88.5 Å². The molecule has 0 N–H and O–H groups in total. The average molecular weight is 613 g/mol. The zero-order valence-electron chi connectivity index (χ0n) is 26.0. The van der Waals surface area contributed by atoms with Crippen LogP contribution in [0.5, 0.6) is 0 Å². The van der Waals surface area contributed by atoms with E-state index < -0.39 is 0 Å². The van der Waals surface area contributed by atoms with Gasteiger partial charge in [0.2, 0.25) is 5.95 Å². The fraction of sp³-hybridized carbons (Fsp3) is 0. The number of para-hydroxylation sites is 3. The van der Waals surface area contributed by atoms with Gasteiger partial charge in [-0.1, -0.05) is 127 Å². The minimum atomic E-state index is 0.653. The van der Waals surface area contributed by atoms with Crippen molar-refractivity contribution >= 4 is 54.4 Å². The molecule has 7 aromatic carbocycles. The lowest BCUT2D eigenvalue weighted by molar-refractivity contribution is 0.998. The summed E-state index contributed by atoms with van der Waals surface area (Å²) in [5, 5.41) is 7.14. The molecule has 0 bridgehead atoms. The summed E-state index contributed by atoms with van der Waals surface area (Å²) in [4.78, 5) is 10.6. The molecule has 4 nitrogen and oxygen atoms in total. The summed E-state index contributed by atoms with van der Waals surface area (Å²) in [6, 6.07) is 60.1. The molecule has 48 heavy (non-hydrogen) atoms. The molecule has 0 radical (unpaired) electrons. The van der Waals surface area contributed by atoms with Gasteiger partial charge < -0.3 is 4.57 Å². The maximum atomic E-state index is 5.28. The Bertz CT molecular complexity index is 2760. The minimum absolute atomic E-state index is 0.653. The molecular weight excluding hydrogens is 585 g/mol. The molecule has 0 aliphatic carbocycles. The Hall–Kier alpha value is -6.52. The Morgan fingerprint density at radius 3 is 1.54 bits per heavy atom. The molecule has 0 aliphatic rings. The Morgan fingerprint density at radius 1 is 0.354 bits per heavy atom. The predicted molar refractivity (Wildman–Crippen MR) is 199 cm³/mol. The van der Waals surface area contributed by atoms with Crippen molar-refractivity contribution in [2.75, 3.05) is 0 Å². The minimum Gasteiger partial charge on any atom is -0.309 e. The second-order valence-electron chi connectivity index (χ2n) is 12.3. The molecular formula is C44H28N4. The number of hydrogen-bond acceptors (Lipinski definition) is 2. The molecule has 0 saturated heterocycles. The van der Waals surface area contributed by atoms with E-state index in [0.717, 1.165) is 39.2 Å². The smallest absolute Gasteiger partial charge is 0.235 e. The van der Waals surface area contributed by atoms with Crippen LogP contribution in [-0.4, -0.2) is 19.1 Å². The van der Waals surface area contributed by atoms with Crippen LogP contribution in [0.2, 0.25) is 0 Å². The quantitative estimate of drug-likeness (QED) is 0.198. The zero-order chi connectivity index (χ0) is 31.6. The third-order valence-electron chi connectivity index (χ3n) is 9.51. The van der Waals surface area contributed by atoms with Crippen LogP contribution in [0.3, 0.4) is 0 Å². The average Bonchev–Trinajstić information content (AvgIpc) is 3.67. The van der Waals surface area contributed by atoms with Crippen molar-refractivity contribution in [1.29, 1.82) is 0 Å². The third kappa shape index (κ3) is 4.03. The zero-order valence-corrected chi connectivity index (χ0v) is 26.0. The number of benzene rings is 7. The van der Waals surface area contributed by atoms with Crippen LogP contribution >= 0.6 is 0 Å². The summed E-state index contributed by atoms with van der Waals surface area (Å²) in [6.07, 6.45) is 0. The largest absolute Gasteiger partial charge is 0.309 e. The summed E-state index contributed by atoms with van der Waals surface area (Å²) in [5.41, 5.74) is 9.60. The molecule has 0 unspecified atom stereocenters. The van der Waals surface area contributed by atoms with Crippen LogP contribution < -0.4 is 0 Å². The Labute approximate surface area is 276 Å². The molecule has 0 amide bonds. The van der Waals surface area contributed by atoms with E-state index in [9.17, 15) is 0 Å². The summed E-state index contributed by atoms with van der Waals surface area (Å²) in [7, 11) is 0. The van der Waals surface area contributed by atoms with Gasteiger partial charge in [0.05, 0.1) is 33.5 Å². The Morgan fingerprint density at radius 2 is 0.896 bits per heavy atom. The highest BCUT2D eigenvalue weighted by molar-refractivity contribution is 6.22. The molecule has 0 atom stereocenters. The summed E-state index contributed by atoms with van der Waals surface area (Å²) in [5.74, 6) is 0.653. The molecule has 10 rings (SSSR count). The normalized spacial score (nSPS) is 11.8. The molecule has 224 valence electrons. The number of fused-ring (bicyclic) bond motifs is 8. The molecule has 0 spiro atoms. The van der Waals surface area contributed by atoms with Gasteiger partial charge in [0.15, 0.2) is 0 Å². The van der Waals surface area contributed by atoms with E-state index in [0.29, 0.717) is 5.95 Å². The number of nitrogens with zero attached hydrogens (tertiary/aromatic N) is 4. The fourth-order valence-corrected chi connectivity index (χ4v) is 7.36. The van der Waals surface area contributed by atoms with Crippen LogP contribution in [-0.2, 0) is 0 Å². The number of rotatable bonds is 4. The summed E-state index contributed by atoms with van der Waals surface area (Å²) < 4.78 is 4.65. The van der Waals surface area contributed by atoms with Crippen molar-refractivity contribution in [3.63, 3.8) is 0 Å². The van der Waals surface area contributed by atoms with Gasteiger partial charge in [0.1, 0.15) is 0 Å². The second kappa shape index (κ2) is 10.5. The first-order chi connectivity index (χ1) is 23.8. The molecule has 4 heteroatoms. The standard InChI is InChI=1S/C44H28N4/c1-4-14-29(15-5-1)38-28-39(30-16-6-2-7-17-30)46-44(45-38)48-41-23-13-10-20-33(41)35-25-24-31-26-42-37(27-36(31)43(35)48)34-21-11-12-22-40(34)47(42)32-18-8-3-9-19-32/h1-28H. The molecule has 10 aromatic rings. The van der Waals surface area contributed by atoms with Gasteiger partial charge in [0.25, 0.3) is 0 Å². The molecule has 3 heterocycles. The second-order valence-corrected chi connectivity index (χ2v) is 12.3. The van der Waals surface area contributed by atoms with Crippen molar-refractivity contribution in [2.45, 2.75) is 0 Å². The molecule has 0 fully saturated rings. The van der Waals surface area contributed by atoms with Gasteiger partial charge in [0, 0.05) is 43.7 Å². The van der Waals surface area contributed by atoms with Crippen LogP contribution in [0.4, 0.5) is 0 Å². The first kappa shape index (κ1) is 26.7. The highest BCUT2D eigenvalue weighted by Crippen LogP contribution is 2.41. The van der Waals surface area contributed by atoms with E-state index in [-0.39, 0.29) is 0 Å². The lowest BCUT2D eigenvalue weighted by atomic mass is 10.0. The van der Waals surface area contributed by atoms with E-state index in [1.54, 1.807) is 0 Å². The third-order valence-corrected chi connectivity index (χ3v) is 9.51. The number of aromatic nitrogens is 4. The highest BCUT2D eigenvalue weighted by atomic mass is 15.2. The van der Waals surface area contributed by atoms with Crippen molar-refractivity contribution in [3.8, 4) is 34.2 Å². The SMILES string of the molecule is c1ccc(-c2cc(-c3ccccc3)nc(-n3c4ccccc4c4ccc5cc6c(cc5c43)c3ccccc3n6-c3ccccc3)n2)cc1. The first-order valence-electron chi connectivity index (χ1n) is 16.3. The van der Waals surface area contributed by atoms with E-state index in [4.69, 9.17) is 9.97 Å². The lowest BCUT2D eigenvalue weighted by Crippen LogP contribution is -2.04.